The van der Waals surface area contributed by atoms with Crippen LogP contribution in [-0.2, 0) is 14.3 Å². The maximum absolute atomic E-state index is 9.66. The van der Waals surface area contributed by atoms with Crippen molar-refractivity contribution in [2.45, 2.75) is 14.9 Å². The van der Waals surface area contributed by atoms with Crippen molar-refractivity contribution in [2.24, 2.45) is 0 Å². The number of aliphatic hydroxyl groups excluding tert-OH is 1. The quantitative estimate of drug-likeness (QED) is 0.291. The molecule has 0 fully saturated rings. The molecule has 6 heteroatoms. The summed E-state index contributed by atoms with van der Waals surface area (Å²) in [5.74, 6) is -1.35. The summed E-state index contributed by atoms with van der Waals surface area (Å²) in [5, 5.41) is 16.2. The molecule has 0 bridgehead atoms. The zero-order valence-corrected chi connectivity index (χ0v) is 11.1. The molecule has 13 heavy (non-hydrogen) atoms. The van der Waals surface area contributed by atoms with E-state index in [1.165, 1.54) is 0 Å². The van der Waals surface area contributed by atoms with Crippen LogP contribution in [0.15, 0.2) is 24.5 Å². The number of carboxylic acid groups (broad SMARTS) is 1. The molecule has 0 aromatic carbocycles. The summed E-state index contributed by atoms with van der Waals surface area (Å²) in [6.07, 6.45) is 1.81. The molecule has 0 atom stereocenters. The van der Waals surface area contributed by atoms with Gasteiger partial charge in [-0.3, -0.25) is 0 Å². The van der Waals surface area contributed by atoms with Gasteiger partial charge in [-0.1, -0.05) is 21.4 Å². The summed E-state index contributed by atoms with van der Waals surface area (Å²) in [6.45, 7) is 3.03. The van der Waals surface area contributed by atoms with Gasteiger partial charge in [-0.15, -0.1) is 0 Å². The second kappa shape index (κ2) is 18.6. The zero-order valence-electron chi connectivity index (χ0n) is 5.37. The van der Waals surface area contributed by atoms with E-state index in [0.717, 1.165) is 12.2 Å². The van der Waals surface area contributed by atoms with Crippen LogP contribution in [0.2, 0.25) is 0 Å². The van der Waals surface area contributed by atoms with Gasteiger partial charge in [0.25, 0.3) is 0 Å². The van der Waals surface area contributed by atoms with Crippen LogP contribution in [0.5, 0.6) is 0 Å². The number of hydrogen-bond acceptors (Lipinski definition) is 2. The molecule has 0 aliphatic heterocycles. The molecule has 0 saturated heterocycles. The molecule has 2 N–H and O–H groups in total. The molecule has 0 aliphatic rings. The van der Waals surface area contributed by atoms with Gasteiger partial charge in [-0.2, -0.15) is 0 Å². The third-order valence-electron chi connectivity index (χ3n) is 0.418. The average Bonchev–Trinajstić information content (AvgIpc) is 1.85. The van der Waals surface area contributed by atoms with Crippen molar-refractivity contribution in [3.05, 3.63) is 24.5 Å². The summed E-state index contributed by atoms with van der Waals surface area (Å²) in [5.41, 5.74) is 0. The molecule has 0 spiro atoms. The fourth-order valence-electron chi connectivity index (χ4n) is 0.167. The van der Waals surface area contributed by atoms with Crippen LogP contribution >= 0.6 is 40.0 Å². The normalized spacial score (nSPS) is 6.92. The molecular formula is C7H14I2O3V. The number of carbonyl (C=O) groups is 1. The summed E-state index contributed by atoms with van der Waals surface area (Å²) in [4.78, 5) is 9.66. The predicted octanol–water partition coefficient (Wildman–Crippen LogP) is 3.74. The van der Waals surface area contributed by atoms with E-state index in [0.29, 0.717) is 9.47 Å². The van der Waals surface area contributed by atoms with Gasteiger partial charge in [0, 0.05) is 6.08 Å². The van der Waals surface area contributed by atoms with E-state index in [1.807, 2.05) is 0 Å². The van der Waals surface area contributed by atoms with Crippen LogP contribution in [0.4, 0.5) is 0 Å². The average molecular weight is 451 g/mol. The first-order chi connectivity index (χ1) is 5.04. The molecule has 0 aromatic rings. The molecular weight excluding hydrogens is 437 g/mol. The number of halogens is 2. The van der Waals surface area contributed by atoms with Gasteiger partial charge in [-0.05, 0) is 6.08 Å². The molecule has 0 heterocycles. The van der Waals surface area contributed by atoms with E-state index in [2.05, 4.69) is 46.5 Å². The Morgan fingerprint density at radius 3 is 1.62 bits per heavy atom. The Bertz CT molecular complexity index is 144. The van der Waals surface area contributed by atoms with Gasteiger partial charge in [0.05, 0.1) is 0 Å². The Balaban J connectivity index is -0.0000000720. The number of carboxylic acids is 1. The molecule has 0 aromatic heterocycles. The van der Waals surface area contributed by atoms with Gasteiger partial charge in [0.15, 0.2) is 0 Å². The van der Waals surface area contributed by atoms with Crippen LogP contribution in [0.3, 0.4) is 0 Å². The summed E-state index contributed by atoms with van der Waals surface area (Å²) < 4.78 is 0. The van der Waals surface area contributed by atoms with Crippen LogP contribution in [-0.4, -0.2) is 16.2 Å². The topological polar surface area (TPSA) is 57.5 Å². The fourth-order valence-corrected chi connectivity index (χ4v) is 0.167. The molecule has 0 amide bonds. The first kappa shape index (κ1) is 23.5. The predicted molar refractivity (Wildman–Crippen MR) is 70.0 cm³/mol. The van der Waals surface area contributed by atoms with Crippen LogP contribution < -0.4 is 0 Å². The molecule has 0 radical (unpaired) electrons. The number of aliphatic carboxylic acids is 1. The Labute approximate surface area is 109 Å². The maximum atomic E-state index is 9.66. The van der Waals surface area contributed by atoms with Crippen molar-refractivity contribution in [1.29, 1.82) is 0 Å². The molecule has 0 rings (SSSR count). The van der Waals surface area contributed by atoms with E-state index in [4.69, 9.17) is 10.2 Å². The van der Waals surface area contributed by atoms with Crippen LogP contribution in [0, 0.1) is 0 Å². The molecule has 0 aliphatic carbocycles. The Hall–Kier alpha value is 0.794. The van der Waals surface area contributed by atoms with Crippen LogP contribution in [0.25, 0.3) is 0 Å². The zero-order chi connectivity index (χ0) is 9.28. The second-order valence-electron chi connectivity index (χ2n) is 1.23. The Morgan fingerprint density at radius 2 is 1.54 bits per heavy atom. The fraction of sp³-hybridized carbons (Fsp3) is 0.286. The van der Waals surface area contributed by atoms with Gasteiger partial charge in [0.2, 0.25) is 0 Å². The standard InChI is InChI=1S/C5H6O3.2CH4.2HI.V/c1-4(6)2-3-5(7)8;;;;;/h2-3,6H,1H2,(H,7,8);2*1H4;2*1H;/q;;;;;+2/p-2/b3-2+;;;;;. The minimum atomic E-state index is -1.10. The van der Waals surface area contributed by atoms with Gasteiger partial charge in [0.1, 0.15) is 5.76 Å². The summed E-state index contributed by atoms with van der Waals surface area (Å²) in [6, 6.07) is 0. The monoisotopic (exact) mass is 451 g/mol. The summed E-state index contributed by atoms with van der Waals surface area (Å²) in [7, 11) is 0.628. The van der Waals surface area contributed by atoms with Gasteiger partial charge < -0.3 is 10.2 Å². The second-order valence-corrected chi connectivity index (χ2v) is 13.0. The van der Waals surface area contributed by atoms with Crippen molar-refractivity contribution >= 4 is 45.9 Å². The van der Waals surface area contributed by atoms with Crippen LogP contribution in [0.1, 0.15) is 14.9 Å². The van der Waals surface area contributed by atoms with E-state index in [1.54, 1.807) is 0 Å². The Morgan fingerprint density at radius 1 is 1.23 bits per heavy atom. The first-order valence-electron chi connectivity index (χ1n) is 2.25. The van der Waals surface area contributed by atoms with E-state index in [9.17, 15) is 4.79 Å². The number of allylic oxidation sites excluding steroid dienone is 1. The third-order valence-corrected chi connectivity index (χ3v) is 0.418. The van der Waals surface area contributed by atoms with E-state index < -0.39 is 5.97 Å². The first-order valence-corrected chi connectivity index (χ1v) is 11.3. The van der Waals surface area contributed by atoms with Crippen molar-refractivity contribution in [1.82, 2.24) is 0 Å². The van der Waals surface area contributed by atoms with Crippen molar-refractivity contribution in [3.8, 4) is 0 Å². The number of aliphatic hydroxyl groups is 1. The summed E-state index contributed by atoms with van der Waals surface area (Å²) >= 11 is 4.74. The van der Waals surface area contributed by atoms with Crippen molar-refractivity contribution < 1.29 is 24.5 Å². The van der Waals surface area contributed by atoms with E-state index >= 15 is 0 Å². The van der Waals surface area contributed by atoms with E-state index in [-0.39, 0.29) is 20.6 Å². The minimum absolute atomic E-state index is 0. The number of hydrogen-bond donors (Lipinski definition) is 2. The van der Waals surface area contributed by atoms with Crippen molar-refractivity contribution in [3.63, 3.8) is 0 Å². The van der Waals surface area contributed by atoms with Crippen molar-refractivity contribution in [2.75, 3.05) is 0 Å². The number of rotatable bonds is 2. The van der Waals surface area contributed by atoms with Gasteiger partial charge >= 0.3 is 55.4 Å². The SMILES string of the molecule is C.C.C=C(O)/C=C/C(=O)O.[I][V][I]. The van der Waals surface area contributed by atoms with Gasteiger partial charge in [-0.25, -0.2) is 4.79 Å². The Kier molecular flexibility index (Phi) is 33.6. The molecule has 79 valence electrons. The third kappa shape index (κ3) is 44.4. The molecule has 0 unspecified atom stereocenters. The molecule has 0 saturated carbocycles. The molecule has 3 nitrogen and oxygen atoms in total.